The van der Waals surface area contributed by atoms with Crippen LogP contribution in [0, 0.1) is 0 Å². The average Bonchev–Trinajstić information content (AvgIpc) is 2.51. The van der Waals surface area contributed by atoms with Crippen molar-refractivity contribution >= 4 is 6.09 Å². The number of nitrogens with one attached hydrogen (secondary N) is 2. The standard InChI is InChI=1S/C12H22N2O2/c1-12(2,3)16-11(15)14-10-7-5-8-4-6-9(10)13-8/h8-10,13H,4-7H2,1-3H3,(H,14,15)/t8-,9+,10+/m1/s1. The summed E-state index contributed by atoms with van der Waals surface area (Å²) in [5.74, 6) is 0. The highest BCUT2D eigenvalue weighted by Gasteiger charge is 2.36. The molecule has 2 aliphatic heterocycles. The molecule has 4 heteroatoms. The minimum absolute atomic E-state index is 0.244. The van der Waals surface area contributed by atoms with Gasteiger partial charge in [0.1, 0.15) is 5.60 Å². The fourth-order valence-electron chi connectivity index (χ4n) is 2.61. The summed E-state index contributed by atoms with van der Waals surface area (Å²) in [6, 6.07) is 1.38. The molecular formula is C12H22N2O2. The van der Waals surface area contributed by atoms with E-state index in [0.29, 0.717) is 12.1 Å². The van der Waals surface area contributed by atoms with E-state index in [2.05, 4.69) is 10.6 Å². The lowest BCUT2D eigenvalue weighted by Gasteiger charge is -2.31. The highest BCUT2D eigenvalue weighted by atomic mass is 16.6. The van der Waals surface area contributed by atoms with Gasteiger partial charge in [-0.3, -0.25) is 0 Å². The third-order valence-electron chi connectivity index (χ3n) is 3.29. The van der Waals surface area contributed by atoms with Crippen molar-refractivity contribution in [2.75, 3.05) is 0 Å². The zero-order chi connectivity index (χ0) is 11.8. The molecule has 0 aromatic heterocycles. The first-order valence-electron chi connectivity index (χ1n) is 6.19. The molecule has 2 rings (SSSR count). The van der Waals surface area contributed by atoms with Crippen LogP contribution in [0.5, 0.6) is 0 Å². The second kappa shape index (κ2) is 4.24. The third kappa shape index (κ3) is 2.88. The Morgan fingerprint density at radius 2 is 1.94 bits per heavy atom. The van der Waals surface area contributed by atoms with Crippen molar-refractivity contribution in [3.8, 4) is 0 Å². The van der Waals surface area contributed by atoms with Gasteiger partial charge >= 0.3 is 6.09 Å². The Balaban J connectivity index is 1.83. The fourth-order valence-corrected chi connectivity index (χ4v) is 2.61. The molecule has 0 unspecified atom stereocenters. The molecule has 2 N–H and O–H groups in total. The number of ether oxygens (including phenoxy) is 1. The number of carbonyl (C=O) groups excluding carboxylic acids is 1. The van der Waals surface area contributed by atoms with E-state index in [1.54, 1.807) is 0 Å². The summed E-state index contributed by atoms with van der Waals surface area (Å²) in [6.07, 6.45) is 4.37. The molecule has 4 nitrogen and oxygen atoms in total. The van der Waals surface area contributed by atoms with Crippen molar-refractivity contribution < 1.29 is 9.53 Å². The second-order valence-corrected chi connectivity index (χ2v) is 5.88. The van der Waals surface area contributed by atoms with Crippen molar-refractivity contribution in [2.24, 2.45) is 0 Å². The Morgan fingerprint density at radius 1 is 1.25 bits per heavy atom. The van der Waals surface area contributed by atoms with E-state index in [4.69, 9.17) is 4.74 Å². The molecule has 0 saturated carbocycles. The highest BCUT2D eigenvalue weighted by molar-refractivity contribution is 5.68. The van der Waals surface area contributed by atoms with Crippen LogP contribution in [0.25, 0.3) is 0 Å². The van der Waals surface area contributed by atoms with Crippen molar-refractivity contribution in [2.45, 2.75) is 70.2 Å². The summed E-state index contributed by atoms with van der Waals surface area (Å²) in [5, 5.41) is 6.52. The molecule has 2 heterocycles. The first-order chi connectivity index (χ1) is 7.44. The zero-order valence-corrected chi connectivity index (χ0v) is 10.4. The van der Waals surface area contributed by atoms with Crippen molar-refractivity contribution in [3.63, 3.8) is 0 Å². The van der Waals surface area contributed by atoms with Gasteiger partial charge in [0.2, 0.25) is 0 Å². The molecule has 0 aliphatic carbocycles. The first-order valence-corrected chi connectivity index (χ1v) is 6.19. The normalized spacial score (nSPS) is 33.6. The van der Waals surface area contributed by atoms with Crippen LogP contribution in [-0.2, 0) is 4.74 Å². The molecule has 2 fully saturated rings. The smallest absolute Gasteiger partial charge is 0.407 e. The van der Waals surface area contributed by atoms with E-state index in [9.17, 15) is 4.79 Å². The van der Waals surface area contributed by atoms with E-state index in [1.165, 1.54) is 12.8 Å². The van der Waals surface area contributed by atoms with E-state index in [-0.39, 0.29) is 12.1 Å². The van der Waals surface area contributed by atoms with Crippen molar-refractivity contribution in [1.29, 1.82) is 0 Å². The van der Waals surface area contributed by atoms with Gasteiger partial charge < -0.3 is 15.4 Å². The SMILES string of the molecule is CC(C)(C)OC(=O)N[C@H]1CC[C@H]2CC[C@@H]1N2. The van der Waals surface area contributed by atoms with Crippen LogP contribution in [0.1, 0.15) is 46.5 Å². The van der Waals surface area contributed by atoms with E-state index in [1.807, 2.05) is 20.8 Å². The summed E-state index contributed by atoms with van der Waals surface area (Å²) in [5.41, 5.74) is -0.412. The van der Waals surface area contributed by atoms with Crippen LogP contribution < -0.4 is 10.6 Å². The van der Waals surface area contributed by atoms with Crippen molar-refractivity contribution in [3.05, 3.63) is 0 Å². The van der Waals surface area contributed by atoms with E-state index < -0.39 is 5.60 Å². The Labute approximate surface area is 97.1 Å². The lowest BCUT2D eigenvalue weighted by atomic mass is 10.0. The van der Waals surface area contributed by atoms with Gasteiger partial charge in [0.15, 0.2) is 0 Å². The van der Waals surface area contributed by atoms with Gasteiger partial charge in [-0.1, -0.05) is 0 Å². The van der Waals surface area contributed by atoms with Gasteiger partial charge in [-0.2, -0.15) is 0 Å². The number of hydrogen-bond donors (Lipinski definition) is 2. The molecule has 0 radical (unpaired) electrons. The Hall–Kier alpha value is -0.770. The molecule has 0 spiro atoms. The summed E-state index contributed by atoms with van der Waals surface area (Å²) < 4.78 is 5.27. The van der Waals surface area contributed by atoms with Gasteiger partial charge in [-0.05, 0) is 46.5 Å². The number of rotatable bonds is 1. The summed E-state index contributed by atoms with van der Waals surface area (Å²) in [6.45, 7) is 5.66. The molecule has 0 aromatic rings. The van der Waals surface area contributed by atoms with Crippen LogP contribution in [0.2, 0.25) is 0 Å². The lowest BCUT2D eigenvalue weighted by molar-refractivity contribution is 0.0484. The summed E-state index contributed by atoms with van der Waals surface area (Å²) in [7, 11) is 0. The summed E-state index contributed by atoms with van der Waals surface area (Å²) >= 11 is 0. The van der Waals surface area contributed by atoms with Gasteiger partial charge in [0.25, 0.3) is 0 Å². The number of carbonyl (C=O) groups is 1. The maximum Gasteiger partial charge on any atom is 0.407 e. The quantitative estimate of drug-likeness (QED) is 0.716. The predicted octanol–water partition coefficient (Wildman–Crippen LogP) is 1.79. The summed E-state index contributed by atoms with van der Waals surface area (Å²) in [4.78, 5) is 11.6. The van der Waals surface area contributed by atoms with Crippen LogP contribution in [0.15, 0.2) is 0 Å². The number of hydrogen-bond acceptors (Lipinski definition) is 3. The molecule has 2 bridgehead atoms. The van der Waals surface area contributed by atoms with Crippen LogP contribution in [0.3, 0.4) is 0 Å². The molecular weight excluding hydrogens is 204 g/mol. The van der Waals surface area contributed by atoms with E-state index >= 15 is 0 Å². The lowest BCUT2D eigenvalue weighted by Crippen LogP contribution is -2.53. The molecule has 92 valence electrons. The first kappa shape index (κ1) is 11.7. The molecule has 0 aromatic carbocycles. The van der Waals surface area contributed by atoms with Gasteiger partial charge in [0.05, 0.1) is 0 Å². The molecule has 2 saturated heterocycles. The van der Waals surface area contributed by atoms with Crippen LogP contribution in [-0.4, -0.2) is 29.8 Å². The number of piperidine rings is 1. The number of fused-ring (bicyclic) bond motifs is 2. The van der Waals surface area contributed by atoms with Crippen molar-refractivity contribution in [1.82, 2.24) is 10.6 Å². The zero-order valence-electron chi connectivity index (χ0n) is 10.4. The number of amides is 1. The average molecular weight is 226 g/mol. The Bertz CT molecular complexity index is 273. The minimum Gasteiger partial charge on any atom is -0.444 e. The predicted molar refractivity (Wildman–Crippen MR) is 62.3 cm³/mol. The monoisotopic (exact) mass is 226 g/mol. The molecule has 1 amide bonds. The molecule has 3 atom stereocenters. The minimum atomic E-state index is -0.412. The van der Waals surface area contributed by atoms with Gasteiger partial charge in [-0.15, -0.1) is 0 Å². The highest BCUT2D eigenvalue weighted by Crippen LogP contribution is 2.26. The Kier molecular flexibility index (Phi) is 3.10. The Morgan fingerprint density at radius 3 is 2.62 bits per heavy atom. The van der Waals surface area contributed by atoms with Gasteiger partial charge in [0, 0.05) is 18.1 Å². The van der Waals surface area contributed by atoms with E-state index in [0.717, 1.165) is 12.8 Å². The maximum atomic E-state index is 11.6. The second-order valence-electron chi connectivity index (χ2n) is 5.88. The number of alkyl carbamates (subject to hydrolysis) is 1. The largest absolute Gasteiger partial charge is 0.444 e. The molecule has 16 heavy (non-hydrogen) atoms. The third-order valence-corrected chi connectivity index (χ3v) is 3.29. The maximum absolute atomic E-state index is 11.6. The van der Waals surface area contributed by atoms with Gasteiger partial charge in [-0.25, -0.2) is 4.79 Å². The topological polar surface area (TPSA) is 50.4 Å². The molecule has 2 aliphatic rings. The van der Waals surface area contributed by atoms with Crippen LogP contribution >= 0.6 is 0 Å². The van der Waals surface area contributed by atoms with Crippen LogP contribution in [0.4, 0.5) is 4.79 Å². The fraction of sp³-hybridized carbons (Fsp3) is 0.917.